The fraction of sp³-hybridized carbons (Fsp3) is 0.143. The summed E-state index contributed by atoms with van der Waals surface area (Å²) in [7, 11) is 0. The van der Waals surface area contributed by atoms with Crippen molar-refractivity contribution < 1.29 is 0 Å². The van der Waals surface area contributed by atoms with Crippen molar-refractivity contribution in [2.45, 2.75) is 6.92 Å². The summed E-state index contributed by atoms with van der Waals surface area (Å²) in [5, 5.41) is 16.1. The number of nitrogens with zero attached hydrogens (tertiary/aromatic N) is 2. The van der Waals surface area contributed by atoms with Crippen molar-refractivity contribution in [1.29, 1.82) is 10.5 Å². The summed E-state index contributed by atoms with van der Waals surface area (Å²) in [6, 6.07) is 3.68. The molecule has 2 nitrogen and oxygen atoms in total. The molecule has 0 bridgehead atoms. The van der Waals surface area contributed by atoms with Crippen molar-refractivity contribution in [2.75, 3.05) is 0 Å². The molecule has 0 aliphatic rings. The van der Waals surface area contributed by atoms with Crippen LogP contribution in [0.4, 0.5) is 0 Å². The first-order valence-electron chi connectivity index (χ1n) is 2.44. The van der Waals surface area contributed by atoms with Crippen molar-refractivity contribution in [3.05, 3.63) is 23.8 Å². The third-order valence-electron chi connectivity index (χ3n) is 0.713. The summed E-state index contributed by atoms with van der Waals surface area (Å²) < 4.78 is 0. The summed E-state index contributed by atoms with van der Waals surface area (Å²) in [6.45, 7) is 1.76. The minimum atomic E-state index is 0.791. The molecule has 0 amide bonds. The Morgan fingerprint density at radius 3 is 2.44 bits per heavy atom. The van der Waals surface area contributed by atoms with Crippen LogP contribution in [0.1, 0.15) is 6.92 Å². The van der Waals surface area contributed by atoms with E-state index in [0.717, 1.165) is 5.57 Å². The Kier molecular flexibility index (Phi) is 3.83. The fourth-order valence-electron chi connectivity index (χ4n) is 0.319. The predicted octanol–water partition coefficient (Wildman–Crippen LogP) is 1.54. The normalized spacial score (nSPS) is 10.8. The van der Waals surface area contributed by atoms with Crippen molar-refractivity contribution in [1.82, 2.24) is 0 Å². The Balaban J connectivity index is 3.98. The lowest BCUT2D eigenvalue weighted by atomic mass is 10.3. The molecule has 9 heavy (non-hydrogen) atoms. The van der Waals surface area contributed by atoms with E-state index in [1.165, 1.54) is 12.2 Å². The van der Waals surface area contributed by atoms with Crippen LogP contribution in [0, 0.1) is 22.7 Å². The molecule has 0 saturated heterocycles. The zero-order valence-electron chi connectivity index (χ0n) is 5.13. The second-order valence-electron chi connectivity index (χ2n) is 1.48. The molecule has 0 fully saturated rings. The summed E-state index contributed by atoms with van der Waals surface area (Å²) in [5.74, 6) is 0. The molecule has 0 spiro atoms. The van der Waals surface area contributed by atoms with Gasteiger partial charge in [-0.3, -0.25) is 0 Å². The van der Waals surface area contributed by atoms with Gasteiger partial charge in [-0.25, -0.2) is 0 Å². The average Bonchev–Trinajstić information content (AvgIpc) is 1.85. The third-order valence-corrected chi connectivity index (χ3v) is 0.713. The first-order chi connectivity index (χ1) is 4.31. The molecule has 44 valence electrons. The summed E-state index contributed by atoms with van der Waals surface area (Å²) >= 11 is 0. The topological polar surface area (TPSA) is 47.6 Å². The van der Waals surface area contributed by atoms with Crippen molar-refractivity contribution in [3.8, 4) is 12.1 Å². The van der Waals surface area contributed by atoms with Crippen molar-refractivity contribution in [3.63, 3.8) is 0 Å². The summed E-state index contributed by atoms with van der Waals surface area (Å²) in [5.41, 5.74) is 0.791. The maximum atomic E-state index is 8.09. The lowest BCUT2D eigenvalue weighted by molar-refractivity contribution is 1.47. The van der Waals surface area contributed by atoms with E-state index in [2.05, 4.69) is 0 Å². The van der Waals surface area contributed by atoms with E-state index in [9.17, 15) is 0 Å². The molecule has 0 rings (SSSR count). The SMILES string of the molecule is CC(C=CC#N)=CC#N. The van der Waals surface area contributed by atoms with E-state index in [-0.39, 0.29) is 0 Å². The van der Waals surface area contributed by atoms with E-state index < -0.39 is 0 Å². The summed E-state index contributed by atoms with van der Waals surface area (Å²) in [6.07, 6.45) is 4.31. The highest BCUT2D eigenvalue weighted by atomic mass is 14.2. The standard InChI is InChI=1S/C7H6N2/c1-7(4-6-9)3-2-5-8/h2-4H,1H3. The van der Waals surface area contributed by atoms with Gasteiger partial charge >= 0.3 is 0 Å². The zero-order chi connectivity index (χ0) is 7.11. The lowest BCUT2D eigenvalue weighted by Gasteiger charge is -1.78. The maximum absolute atomic E-state index is 8.09. The largest absolute Gasteiger partial charge is 0.193 e. The van der Waals surface area contributed by atoms with Crippen molar-refractivity contribution in [2.24, 2.45) is 0 Å². The van der Waals surface area contributed by atoms with E-state index in [0.29, 0.717) is 0 Å². The van der Waals surface area contributed by atoms with Crippen LogP contribution >= 0.6 is 0 Å². The Morgan fingerprint density at radius 2 is 2.00 bits per heavy atom. The maximum Gasteiger partial charge on any atom is 0.0914 e. The predicted molar refractivity (Wildman–Crippen MR) is 34.1 cm³/mol. The number of rotatable bonds is 1. The molecule has 0 aliphatic carbocycles. The highest BCUT2D eigenvalue weighted by Crippen LogP contribution is 1.91. The molecular weight excluding hydrogens is 112 g/mol. The van der Waals surface area contributed by atoms with Gasteiger partial charge in [0.1, 0.15) is 0 Å². The minimum absolute atomic E-state index is 0.791. The number of hydrogen-bond donors (Lipinski definition) is 0. The third kappa shape index (κ3) is 4.31. The lowest BCUT2D eigenvalue weighted by Crippen LogP contribution is -1.63. The summed E-state index contributed by atoms with van der Waals surface area (Å²) in [4.78, 5) is 0. The molecule has 0 N–H and O–H groups in total. The Morgan fingerprint density at radius 1 is 1.33 bits per heavy atom. The molecule has 0 unspecified atom stereocenters. The van der Waals surface area contributed by atoms with Gasteiger partial charge in [-0.15, -0.1) is 0 Å². The van der Waals surface area contributed by atoms with Gasteiger partial charge in [-0.05, 0) is 18.6 Å². The second-order valence-corrected chi connectivity index (χ2v) is 1.48. The Labute approximate surface area is 54.3 Å². The quantitative estimate of drug-likeness (QED) is 0.387. The van der Waals surface area contributed by atoms with Crippen LogP contribution in [-0.2, 0) is 0 Å². The molecule has 2 heteroatoms. The molecule has 0 saturated carbocycles. The van der Waals surface area contributed by atoms with Gasteiger partial charge in [0.25, 0.3) is 0 Å². The van der Waals surface area contributed by atoms with Gasteiger partial charge in [-0.1, -0.05) is 0 Å². The molecule has 0 radical (unpaired) electrons. The van der Waals surface area contributed by atoms with Crippen LogP contribution in [0.3, 0.4) is 0 Å². The Hall–Kier alpha value is -1.54. The number of nitriles is 2. The van der Waals surface area contributed by atoms with Crippen LogP contribution in [0.25, 0.3) is 0 Å². The highest BCUT2D eigenvalue weighted by Gasteiger charge is 1.75. The van der Waals surface area contributed by atoms with Crippen molar-refractivity contribution >= 4 is 0 Å². The minimum Gasteiger partial charge on any atom is -0.193 e. The molecule has 0 atom stereocenters. The van der Waals surface area contributed by atoms with E-state index >= 15 is 0 Å². The molecule has 0 aromatic rings. The average molecular weight is 118 g/mol. The second kappa shape index (κ2) is 4.61. The van der Waals surface area contributed by atoms with Gasteiger partial charge in [0.2, 0.25) is 0 Å². The Bertz CT molecular complexity index is 210. The van der Waals surface area contributed by atoms with Crippen LogP contribution in [0.15, 0.2) is 23.8 Å². The molecular formula is C7H6N2. The highest BCUT2D eigenvalue weighted by molar-refractivity contribution is 5.25. The first-order valence-corrected chi connectivity index (χ1v) is 2.44. The first kappa shape index (κ1) is 7.46. The molecule has 0 aromatic heterocycles. The van der Waals surface area contributed by atoms with Crippen LogP contribution in [0.5, 0.6) is 0 Å². The van der Waals surface area contributed by atoms with Gasteiger partial charge in [-0.2, -0.15) is 10.5 Å². The number of hydrogen-bond acceptors (Lipinski definition) is 2. The van der Waals surface area contributed by atoms with Crippen LogP contribution in [0.2, 0.25) is 0 Å². The van der Waals surface area contributed by atoms with Crippen LogP contribution < -0.4 is 0 Å². The van der Waals surface area contributed by atoms with E-state index in [4.69, 9.17) is 10.5 Å². The van der Waals surface area contributed by atoms with E-state index in [1.54, 1.807) is 13.0 Å². The molecule has 0 heterocycles. The van der Waals surface area contributed by atoms with Gasteiger partial charge in [0.15, 0.2) is 0 Å². The monoisotopic (exact) mass is 118 g/mol. The van der Waals surface area contributed by atoms with Gasteiger partial charge < -0.3 is 0 Å². The van der Waals surface area contributed by atoms with E-state index in [1.807, 2.05) is 12.1 Å². The fourth-order valence-corrected chi connectivity index (χ4v) is 0.319. The zero-order valence-corrected chi connectivity index (χ0v) is 5.13. The van der Waals surface area contributed by atoms with Gasteiger partial charge in [0.05, 0.1) is 12.1 Å². The number of allylic oxidation sites excluding steroid dienone is 4. The van der Waals surface area contributed by atoms with Crippen LogP contribution in [-0.4, -0.2) is 0 Å². The molecule has 0 aromatic carbocycles. The molecule has 0 aliphatic heterocycles. The van der Waals surface area contributed by atoms with Gasteiger partial charge in [0, 0.05) is 12.2 Å². The smallest absolute Gasteiger partial charge is 0.0914 e.